The third-order valence-corrected chi connectivity index (χ3v) is 7.87. The zero-order valence-electron chi connectivity index (χ0n) is 22.3. The monoisotopic (exact) mass is 542 g/mol. The van der Waals surface area contributed by atoms with Crippen molar-refractivity contribution in [1.82, 2.24) is 0 Å². The van der Waals surface area contributed by atoms with Crippen LogP contribution < -0.4 is 0 Å². The van der Waals surface area contributed by atoms with Gasteiger partial charge in [-0.1, -0.05) is 60.7 Å². The first-order valence-electron chi connectivity index (χ1n) is 12.0. The lowest BCUT2D eigenvalue weighted by atomic mass is 10.2. The van der Waals surface area contributed by atoms with Gasteiger partial charge in [0.15, 0.2) is 0 Å². The van der Waals surface area contributed by atoms with Crippen LogP contribution in [-0.2, 0) is 49.5 Å². The molecule has 0 radical (unpaired) electrons. The average molecular weight is 543 g/mol. The molecule has 0 N–H and O–H groups in total. The number of phosphoric acid groups is 2. The molecular formula is C26H40O8P2. The van der Waals surface area contributed by atoms with Crippen LogP contribution in [0.5, 0.6) is 0 Å². The van der Waals surface area contributed by atoms with Crippen LogP contribution >= 0.6 is 15.6 Å². The summed E-state index contributed by atoms with van der Waals surface area (Å²) in [7, 11) is -7.80. The number of phosphoric ester groups is 2. The topological polar surface area (TPSA) is 89.5 Å². The fourth-order valence-corrected chi connectivity index (χ4v) is 6.08. The molecule has 0 aromatic heterocycles. The summed E-state index contributed by atoms with van der Waals surface area (Å²) >= 11 is 0. The second kappa shape index (κ2) is 13.5. The Labute approximate surface area is 215 Å². The van der Waals surface area contributed by atoms with E-state index in [1.54, 1.807) is 48.5 Å². The highest BCUT2D eigenvalue weighted by atomic mass is 31.2. The van der Waals surface area contributed by atoms with Crippen LogP contribution in [0.1, 0.15) is 66.0 Å². The van der Waals surface area contributed by atoms with E-state index in [9.17, 15) is 9.13 Å². The maximum absolute atomic E-state index is 13.4. The normalized spacial score (nSPS) is 14.1. The van der Waals surface area contributed by atoms with Crippen LogP contribution in [0.3, 0.4) is 0 Å². The first-order valence-corrected chi connectivity index (χ1v) is 14.9. The molecule has 10 heteroatoms. The predicted octanol–water partition coefficient (Wildman–Crippen LogP) is 8.08. The summed E-state index contributed by atoms with van der Waals surface area (Å²) in [6, 6.07) is 18.7. The van der Waals surface area contributed by atoms with Crippen molar-refractivity contribution in [3.05, 3.63) is 71.8 Å². The number of rotatable bonds is 14. The highest BCUT2D eigenvalue weighted by molar-refractivity contribution is 7.48. The number of hydrogen-bond acceptors (Lipinski definition) is 8. The van der Waals surface area contributed by atoms with Gasteiger partial charge in [-0.15, -0.1) is 0 Å². The van der Waals surface area contributed by atoms with Crippen molar-refractivity contribution in [2.24, 2.45) is 0 Å². The summed E-state index contributed by atoms with van der Waals surface area (Å²) < 4.78 is 60.6. The van der Waals surface area contributed by atoms with Gasteiger partial charge in [-0.05, 0) is 66.0 Å². The Morgan fingerprint density at radius 1 is 0.667 bits per heavy atom. The second-order valence-corrected chi connectivity index (χ2v) is 13.5. The lowest BCUT2D eigenvalue weighted by Crippen LogP contribution is -2.26. The first-order chi connectivity index (χ1) is 16.7. The van der Waals surface area contributed by atoms with Crippen molar-refractivity contribution in [2.75, 3.05) is 6.61 Å². The van der Waals surface area contributed by atoms with E-state index in [1.807, 2.05) is 60.7 Å². The molecule has 8 nitrogen and oxygen atoms in total. The third-order valence-electron chi connectivity index (χ3n) is 4.32. The van der Waals surface area contributed by atoms with Gasteiger partial charge in [0.05, 0.1) is 37.1 Å². The van der Waals surface area contributed by atoms with Crippen molar-refractivity contribution >= 4 is 15.6 Å². The number of benzene rings is 2. The van der Waals surface area contributed by atoms with Crippen LogP contribution in [0.25, 0.3) is 0 Å². The van der Waals surface area contributed by atoms with E-state index in [0.717, 1.165) is 11.1 Å². The Balaban J connectivity index is 2.01. The fourth-order valence-electron chi connectivity index (χ4n) is 2.90. The van der Waals surface area contributed by atoms with Gasteiger partial charge in [0.25, 0.3) is 0 Å². The van der Waals surface area contributed by atoms with Crippen molar-refractivity contribution in [1.29, 1.82) is 0 Å². The van der Waals surface area contributed by atoms with E-state index < -0.39 is 33.0 Å². The van der Waals surface area contributed by atoms with Crippen molar-refractivity contribution < 1.29 is 36.3 Å². The minimum absolute atomic E-state index is 0.0208. The number of hydrogen-bond donors (Lipinski definition) is 0. The molecule has 0 saturated carbocycles. The Morgan fingerprint density at radius 2 is 1.08 bits per heavy atom. The molecule has 0 aliphatic rings. The Hall–Kier alpha value is -1.34. The third kappa shape index (κ3) is 12.8. The summed E-state index contributed by atoms with van der Waals surface area (Å²) in [4.78, 5) is 0. The minimum atomic E-state index is -3.91. The minimum Gasteiger partial charge on any atom is -0.287 e. The van der Waals surface area contributed by atoms with E-state index in [1.165, 1.54) is 0 Å². The molecular weight excluding hydrogens is 502 g/mol. The fraction of sp³-hybridized carbons (Fsp3) is 0.538. The quantitative estimate of drug-likeness (QED) is 0.221. The smallest absolute Gasteiger partial charge is 0.287 e. The van der Waals surface area contributed by atoms with Crippen molar-refractivity contribution in [3.8, 4) is 0 Å². The molecule has 0 spiro atoms. The van der Waals surface area contributed by atoms with Crippen LogP contribution in [0.2, 0.25) is 0 Å². The molecule has 1 unspecified atom stereocenters. The summed E-state index contributed by atoms with van der Waals surface area (Å²) in [5.41, 5.74) is 0.175. The molecule has 2 aromatic carbocycles. The van der Waals surface area contributed by atoms with Crippen molar-refractivity contribution in [3.63, 3.8) is 0 Å². The van der Waals surface area contributed by atoms with E-state index in [-0.39, 0.29) is 26.2 Å². The van der Waals surface area contributed by atoms with E-state index in [4.69, 9.17) is 27.1 Å². The SMILES string of the molecule is CC(CCOP(=O)(OCc1ccccc1)OCc1ccccc1)OP(=O)(OC(C)(C)C)OC(C)(C)C. The van der Waals surface area contributed by atoms with Gasteiger partial charge in [-0.25, -0.2) is 9.13 Å². The molecule has 2 aromatic rings. The zero-order valence-corrected chi connectivity index (χ0v) is 24.1. The molecule has 0 fully saturated rings. The standard InChI is InChI=1S/C26H40O8P2/c1-22(32-36(28,33-25(2,3)4)34-26(5,6)7)18-19-29-35(27,30-20-23-14-10-8-11-15-23)31-21-24-16-12-9-13-17-24/h8-17,22H,18-21H2,1-7H3. The van der Waals surface area contributed by atoms with E-state index in [2.05, 4.69) is 0 Å². The molecule has 0 aliphatic heterocycles. The summed E-state index contributed by atoms with van der Waals surface area (Å²) in [6.45, 7) is 12.4. The van der Waals surface area contributed by atoms with Crippen LogP contribution in [0, 0.1) is 0 Å². The molecule has 2 rings (SSSR count). The molecule has 1 atom stereocenters. The molecule has 0 aliphatic carbocycles. The predicted molar refractivity (Wildman–Crippen MR) is 140 cm³/mol. The molecule has 202 valence electrons. The highest BCUT2D eigenvalue weighted by Gasteiger charge is 2.38. The average Bonchev–Trinajstić information content (AvgIpc) is 2.75. The van der Waals surface area contributed by atoms with Crippen LogP contribution in [0.4, 0.5) is 0 Å². The van der Waals surface area contributed by atoms with Crippen LogP contribution in [-0.4, -0.2) is 23.9 Å². The van der Waals surface area contributed by atoms with Gasteiger partial charge in [-0.2, -0.15) is 0 Å². The Kier molecular flexibility index (Phi) is 11.5. The van der Waals surface area contributed by atoms with E-state index >= 15 is 0 Å². The molecule has 36 heavy (non-hydrogen) atoms. The lowest BCUT2D eigenvalue weighted by Gasteiger charge is -2.32. The maximum Gasteiger partial charge on any atom is 0.476 e. The molecule has 0 amide bonds. The molecule has 0 heterocycles. The van der Waals surface area contributed by atoms with Crippen molar-refractivity contribution in [2.45, 2.75) is 85.4 Å². The van der Waals surface area contributed by atoms with Gasteiger partial charge in [0.2, 0.25) is 0 Å². The van der Waals surface area contributed by atoms with Gasteiger partial charge < -0.3 is 0 Å². The maximum atomic E-state index is 13.4. The first kappa shape index (κ1) is 30.9. The van der Waals surface area contributed by atoms with E-state index in [0.29, 0.717) is 0 Å². The lowest BCUT2D eigenvalue weighted by molar-refractivity contribution is -0.0114. The summed E-state index contributed by atoms with van der Waals surface area (Å²) in [5, 5.41) is 0. The van der Waals surface area contributed by atoms with Gasteiger partial charge in [0, 0.05) is 0 Å². The Morgan fingerprint density at radius 3 is 1.47 bits per heavy atom. The largest absolute Gasteiger partial charge is 0.476 e. The molecule has 0 bridgehead atoms. The molecule has 0 saturated heterocycles. The van der Waals surface area contributed by atoms with Crippen LogP contribution in [0.15, 0.2) is 60.7 Å². The summed E-state index contributed by atoms with van der Waals surface area (Å²) in [6.07, 6.45) is -0.338. The van der Waals surface area contributed by atoms with Gasteiger partial charge in [-0.3, -0.25) is 27.1 Å². The highest BCUT2D eigenvalue weighted by Crippen LogP contribution is 2.57. The summed E-state index contributed by atoms with van der Waals surface area (Å²) in [5.74, 6) is 0. The van der Waals surface area contributed by atoms with Gasteiger partial charge >= 0.3 is 15.6 Å². The van der Waals surface area contributed by atoms with Gasteiger partial charge in [0.1, 0.15) is 0 Å². The zero-order chi connectivity index (χ0) is 26.9. The Bertz CT molecular complexity index is 933. The second-order valence-electron chi connectivity index (χ2n) is 10.4.